The van der Waals surface area contributed by atoms with Gasteiger partial charge in [-0.05, 0) is 24.3 Å². The summed E-state index contributed by atoms with van der Waals surface area (Å²) < 4.78 is 36.9. The molecule has 3 aromatic rings. The molecule has 0 aliphatic heterocycles. The summed E-state index contributed by atoms with van der Waals surface area (Å²) in [5, 5.41) is 15.3. The fraction of sp³-hybridized carbons (Fsp3) is 0.0909. The Balaban J connectivity index is 1.76. The van der Waals surface area contributed by atoms with Gasteiger partial charge in [0.15, 0.2) is 0 Å². The Kier molecular flexibility index (Phi) is 6.35. The van der Waals surface area contributed by atoms with Crippen LogP contribution < -0.4 is 20.1 Å². The summed E-state index contributed by atoms with van der Waals surface area (Å²) in [6, 6.07) is 11.0. The van der Waals surface area contributed by atoms with Gasteiger partial charge in [0.2, 0.25) is 0 Å². The van der Waals surface area contributed by atoms with Gasteiger partial charge in [-0.25, -0.2) is 8.78 Å². The van der Waals surface area contributed by atoms with Gasteiger partial charge in [0.25, 0.3) is 11.8 Å². The maximum Gasteiger partial charge on any atom is 0.259 e. The number of benzene rings is 3. The van der Waals surface area contributed by atoms with E-state index in [0.717, 1.165) is 18.2 Å². The van der Waals surface area contributed by atoms with Crippen molar-refractivity contribution in [1.29, 1.82) is 0 Å². The van der Waals surface area contributed by atoms with Gasteiger partial charge in [0.1, 0.15) is 28.9 Å². The first-order chi connectivity index (χ1) is 14.8. The van der Waals surface area contributed by atoms with E-state index >= 15 is 0 Å². The van der Waals surface area contributed by atoms with Crippen molar-refractivity contribution < 1.29 is 33.0 Å². The second kappa shape index (κ2) is 9.12. The van der Waals surface area contributed by atoms with E-state index < -0.39 is 29.2 Å². The van der Waals surface area contributed by atoms with Crippen LogP contribution in [0.25, 0.3) is 0 Å². The van der Waals surface area contributed by atoms with Crippen molar-refractivity contribution in [3.05, 3.63) is 77.4 Å². The Morgan fingerprint density at radius 3 is 1.90 bits per heavy atom. The Morgan fingerprint density at radius 1 is 0.774 bits per heavy atom. The predicted octanol–water partition coefficient (Wildman–Crippen LogP) is 4.19. The molecule has 3 rings (SSSR count). The number of carbonyl (C=O) groups is 2. The van der Waals surface area contributed by atoms with Crippen molar-refractivity contribution in [2.75, 3.05) is 24.9 Å². The van der Waals surface area contributed by atoms with Gasteiger partial charge in [0.05, 0.1) is 19.8 Å². The first-order valence-corrected chi connectivity index (χ1v) is 8.94. The third kappa shape index (κ3) is 5.27. The first-order valence-electron chi connectivity index (χ1n) is 8.94. The van der Waals surface area contributed by atoms with E-state index in [4.69, 9.17) is 9.47 Å². The molecule has 31 heavy (non-hydrogen) atoms. The highest BCUT2D eigenvalue weighted by molar-refractivity contribution is 6.08. The Hall–Kier alpha value is -4.14. The molecule has 0 radical (unpaired) electrons. The Bertz CT molecular complexity index is 1110. The number of ether oxygens (including phenoxy) is 2. The molecule has 0 spiro atoms. The second-order valence-corrected chi connectivity index (χ2v) is 6.40. The van der Waals surface area contributed by atoms with Gasteiger partial charge in [0, 0.05) is 47.3 Å². The molecule has 0 aromatic heterocycles. The lowest BCUT2D eigenvalue weighted by molar-refractivity contribution is 0.101. The molecule has 0 atom stereocenters. The molecule has 0 fully saturated rings. The van der Waals surface area contributed by atoms with Crippen LogP contribution in [-0.2, 0) is 0 Å². The van der Waals surface area contributed by atoms with E-state index in [1.165, 1.54) is 26.4 Å². The molecule has 160 valence electrons. The summed E-state index contributed by atoms with van der Waals surface area (Å²) in [6.45, 7) is 0. The number of nitrogens with one attached hydrogen (secondary N) is 2. The van der Waals surface area contributed by atoms with Crippen molar-refractivity contribution in [3.8, 4) is 17.2 Å². The van der Waals surface area contributed by atoms with E-state index in [1.54, 1.807) is 18.2 Å². The fourth-order valence-electron chi connectivity index (χ4n) is 2.77. The average Bonchev–Trinajstić information content (AvgIpc) is 2.72. The van der Waals surface area contributed by atoms with Crippen LogP contribution in [0.5, 0.6) is 17.2 Å². The van der Waals surface area contributed by atoms with Crippen molar-refractivity contribution in [2.24, 2.45) is 0 Å². The maximum absolute atomic E-state index is 13.3. The molecular formula is C22H18F2N2O5. The number of rotatable bonds is 6. The highest BCUT2D eigenvalue weighted by Gasteiger charge is 2.15. The van der Waals surface area contributed by atoms with Gasteiger partial charge < -0.3 is 25.2 Å². The number of phenols is 1. The summed E-state index contributed by atoms with van der Waals surface area (Å²) >= 11 is 0. The molecule has 0 saturated carbocycles. The monoisotopic (exact) mass is 428 g/mol. The largest absolute Gasteiger partial charge is 0.507 e. The molecule has 2 amide bonds. The van der Waals surface area contributed by atoms with Gasteiger partial charge in [-0.3, -0.25) is 9.59 Å². The number of hydrogen-bond donors (Lipinski definition) is 3. The molecule has 0 bridgehead atoms. The van der Waals surface area contributed by atoms with Gasteiger partial charge >= 0.3 is 0 Å². The number of phenolic OH excluding ortho intramolecular Hbond substituents is 1. The van der Waals surface area contributed by atoms with Crippen LogP contribution in [0.1, 0.15) is 20.7 Å². The lowest BCUT2D eigenvalue weighted by atomic mass is 10.1. The van der Waals surface area contributed by atoms with Crippen molar-refractivity contribution in [2.45, 2.75) is 0 Å². The molecule has 0 aliphatic rings. The van der Waals surface area contributed by atoms with Crippen LogP contribution in [0, 0.1) is 11.6 Å². The third-order valence-corrected chi connectivity index (χ3v) is 4.23. The van der Waals surface area contributed by atoms with E-state index in [-0.39, 0.29) is 16.8 Å². The Labute approximate surface area is 176 Å². The highest BCUT2D eigenvalue weighted by atomic mass is 19.1. The minimum atomic E-state index is -0.894. The van der Waals surface area contributed by atoms with Crippen LogP contribution in [0.4, 0.5) is 20.2 Å². The Morgan fingerprint density at radius 2 is 1.35 bits per heavy atom. The van der Waals surface area contributed by atoms with E-state index in [1.807, 2.05) is 0 Å². The molecule has 3 aromatic carbocycles. The standard InChI is InChI=1S/C22H18F2N2O5/c1-30-17-8-16(9-18(11-17)31-2)26-22(29)19-4-3-15(10-20(19)27)25-21(28)12-5-13(23)7-14(24)6-12/h3-11,27H,1-2H3,(H,25,28)(H,26,29). The molecule has 0 saturated heterocycles. The maximum atomic E-state index is 13.3. The van der Waals surface area contributed by atoms with Gasteiger partial charge in [-0.2, -0.15) is 0 Å². The first kappa shape index (κ1) is 21.6. The molecule has 0 heterocycles. The molecule has 3 N–H and O–H groups in total. The number of carbonyl (C=O) groups excluding carboxylic acids is 2. The molecule has 7 nitrogen and oxygen atoms in total. The van der Waals surface area contributed by atoms with Crippen LogP contribution in [0.15, 0.2) is 54.6 Å². The van der Waals surface area contributed by atoms with E-state index in [9.17, 15) is 23.5 Å². The lowest BCUT2D eigenvalue weighted by Gasteiger charge is -2.12. The number of halogens is 2. The summed E-state index contributed by atoms with van der Waals surface area (Å²) in [5.41, 5.74) is 0.222. The van der Waals surface area contributed by atoms with E-state index in [0.29, 0.717) is 23.3 Å². The van der Waals surface area contributed by atoms with E-state index in [2.05, 4.69) is 10.6 Å². The summed E-state index contributed by atoms with van der Waals surface area (Å²) in [4.78, 5) is 24.7. The molecule has 0 aliphatic carbocycles. The highest BCUT2D eigenvalue weighted by Crippen LogP contribution is 2.28. The quantitative estimate of drug-likeness (QED) is 0.547. The fourth-order valence-corrected chi connectivity index (χ4v) is 2.77. The number of hydrogen-bond acceptors (Lipinski definition) is 5. The predicted molar refractivity (Wildman–Crippen MR) is 110 cm³/mol. The average molecular weight is 428 g/mol. The number of amides is 2. The number of aromatic hydroxyl groups is 1. The zero-order valence-corrected chi connectivity index (χ0v) is 16.5. The molecule has 9 heteroatoms. The molecular weight excluding hydrogens is 410 g/mol. The summed E-state index contributed by atoms with van der Waals surface area (Å²) in [7, 11) is 2.94. The number of anilines is 2. The van der Waals surface area contributed by atoms with Crippen LogP contribution in [0.3, 0.4) is 0 Å². The zero-order valence-electron chi connectivity index (χ0n) is 16.5. The van der Waals surface area contributed by atoms with Gasteiger partial charge in [-0.15, -0.1) is 0 Å². The normalized spacial score (nSPS) is 10.3. The topological polar surface area (TPSA) is 96.9 Å². The van der Waals surface area contributed by atoms with Crippen LogP contribution >= 0.6 is 0 Å². The smallest absolute Gasteiger partial charge is 0.259 e. The second-order valence-electron chi connectivity index (χ2n) is 6.40. The third-order valence-electron chi connectivity index (χ3n) is 4.23. The minimum absolute atomic E-state index is 0.0587. The zero-order chi connectivity index (χ0) is 22.5. The van der Waals surface area contributed by atoms with Crippen molar-refractivity contribution in [1.82, 2.24) is 0 Å². The minimum Gasteiger partial charge on any atom is -0.507 e. The lowest BCUT2D eigenvalue weighted by Crippen LogP contribution is -2.14. The number of methoxy groups -OCH3 is 2. The van der Waals surface area contributed by atoms with Crippen LogP contribution in [-0.4, -0.2) is 31.1 Å². The summed E-state index contributed by atoms with van der Waals surface area (Å²) in [6.07, 6.45) is 0. The van der Waals surface area contributed by atoms with Crippen molar-refractivity contribution >= 4 is 23.2 Å². The van der Waals surface area contributed by atoms with Crippen LogP contribution in [0.2, 0.25) is 0 Å². The van der Waals surface area contributed by atoms with Gasteiger partial charge in [-0.1, -0.05) is 0 Å². The summed E-state index contributed by atoms with van der Waals surface area (Å²) in [5.74, 6) is -2.66. The molecule has 0 unspecified atom stereocenters. The SMILES string of the molecule is COc1cc(NC(=O)c2ccc(NC(=O)c3cc(F)cc(F)c3)cc2O)cc(OC)c1. The van der Waals surface area contributed by atoms with Crippen molar-refractivity contribution in [3.63, 3.8) is 0 Å².